The van der Waals surface area contributed by atoms with Crippen LogP contribution in [0, 0.1) is 0 Å². The van der Waals surface area contributed by atoms with E-state index >= 15 is 0 Å². The second kappa shape index (κ2) is 5.69. The number of hydrogen-bond acceptors (Lipinski definition) is 1. The smallest absolute Gasteiger partial charge is 0.276 e. The highest BCUT2D eigenvalue weighted by molar-refractivity contribution is 6.84. The van der Waals surface area contributed by atoms with Crippen molar-refractivity contribution in [2.45, 2.75) is 38.8 Å². The van der Waals surface area contributed by atoms with Crippen molar-refractivity contribution < 1.29 is 4.43 Å². The molecule has 0 saturated heterocycles. The maximum absolute atomic E-state index is 5.99. The molecule has 94 valence electrons. The summed E-state index contributed by atoms with van der Waals surface area (Å²) in [6.45, 7) is 11.6. The number of benzene rings is 1. The van der Waals surface area contributed by atoms with Gasteiger partial charge in [-0.3, -0.25) is 0 Å². The number of hydrogen-bond donors (Lipinski definition) is 0. The largest absolute Gasteiger partial charge is 0.545 e. The van der Waals surface area contributed by atoms with Crippen LogP contribution in [-0.4, -0.2) is 16.4 Å². The topological polar surface area (TPSA) is 9.23 Å². The Balaban J connectivity index is 2.57. The Labute approximate surface area is 108 Å². The van der Waals surface area contributed by atoms with Crippen molar-refractivity contribution in [3.05, 3.63) is 42.7 Å². The van der Waals surface area contributed by atoms with Crippen molar-refractivity contribution in [3.63, 3.8) is 0 Å². The first kappa shape index (κ1) is 14.3. The summed E-state index contributed by atoms with van der Waals surface area (Å²) in [5.41, 5.74) is 0. The van der Waals surface area contributed by atoms with E-state index < -0.39 is 16.4 Å². The van der Waals surface area contributed by atoms with E-state index in [9.17, 15) is 0 Å². The van der Waals surface area contributed by atoms with Gasteiger partial charge in [0.25, 0.3) is 8.32 Å². The molecule has 0 radical (unpaired) electrons. The summed E-state index contributed by atoms with van der Waals surface area (Å²) < 4.78 is 5.99. The van der Waals surface area contributed by atoms with Crippen molar-refractivity contribution in [2.75, 3.05) is 0 Å². The minimum Gasteiger partial charge on any atom is -0.545 e. The molecule has 0 fully saturated rings. The van der Waals surface area contributed by atoms with Crippen LogP contribution in [0.5, 0.6) is 0 Å². The van der Waals surface area contributed by atoms with Gasteiger partial charge in [-0.25, -0.2) is 0 Å². The molecule has 0 aliphatic rings. The van der Waals surface area contributed by atoms with Crippen molar-refractivity contribution in [1.29, 1.82) is 0 Å². The van der Waals surface area contributed by atoms with Crippen molar-refractivity contribution in [2.24, 2.45) is 0 Å². The number of rotatable bonds is 5. The molecule has 0 spiro atoms. The van der Waals surface area contributed by atoms with Crippen LogP contribution in [0.1, 0.15) is 0 Å². The highest BCUT2D eigenvalue weighted by Gasteiger charge is 2.25. The summed E-state index contributed by atoms with van der Waals surface area (Å²) >= 11 is 0. The Morgan fingerprint density at radius 1 is 1.00 bits per heavy atom. The molecule has 17 heavy (non-hydrogen) atoms. The van der Waals surface area contributed by atoms with E-state index in [4.69, 9.17) is 4.43 Å². The first-order chi connectivity index (χ1) is 7.81. The molecule has 3 heteroatoms. The molecule has 0 aliphatic carbocycles. The van der Waals surface area contributed by atoms with Crippen LogP contribution in [0.4, 0.5) is 0 Å². The van der Waals surface area contributed by atoms with E-state index in [1.165, 1.54) is 11.2 Å². The Morgan fingerprint density at radius 2 is 1.59 bits per heavy atom. The van der Waals surface area contributed by atoms with Gasteiger partial charge in [0, 0.05) is 8.07 Å². The Kier molecular flexibility index (Phi) is 4.77. The van der Waals surface area contributed by atoms with Crippen LogP contribution in [0.15, 0.2) is 42.7 Å². The minimum absolute atomic E-state index is 0.984. The lowest BCUT2D eigenvalue weighted by Crippen LogP contribution is -2.43. The summed E-state index contributed by atoms with van der Waals surface area (Å²) in [7, 11) is -2.73. The third kappa shape index (κ3) is 5.37. The quantitative estimate of drug-likeness (QED) is 0.578. The van der Waals surface area contributed by atoms with Crippen LogP contribution in [-0.2, 0) is 4.43 Å². The lowest BCUT2D eigenvalue weighted by atomic mass is 10.4. The molecule has 0 bridgehead atoms. The van der Waals surface area contributed by atoms with Gasteiger partial charge < -0.3 is 4.43 Å². The minimum atomic E-state index is -1.75. The molecule has 1 nitrogen and oxygen atoms in total. The monoisotopic (exact) mass is 264 g/mol. The van der Waals surface area contributed by atoms with Crippen LogP contribution in [0.3, 0.4) is 0 Å². The predicted molar refractivity (Wildman–Crippen MR) is 81.9 cm³/mol. The summed E-state index contributed by atoms with van der Waals surface area (Å²) in [5.74, 6) is 0. The molecule has 0 heterocycles. The lowest BCUT2D eigenvalue weighted by Gasteiger charge is -2.22. The van der Waals surface area contributed by atoms with E-state index in [1.54, 1.807) is 0 Å². The fourth-order valence-corrected chi connectivity index (χ4v) is 3.90. The normalized spacial score (nSPS) is 13.0. The standard InChI is InChI=1S/C14H24OSi2/c1-16(2,3)13-9-12-15-17(4,5)14-10-7-6-8-11-14/h6-12H,13H2,1-5H3/b12-9-. The van der Waals surface area contributed by atoms with E-state index in [0.29, 0.717) is 0 Å². The van der Waals surface area contributed by atoms with Gasteiger partial charge in [-0.15, -0.1) is 0 Å². The second-order valence-corrected chi connectivity index (χ2v) is 15.5. The molecular weight excluding hydrogens is 240 g/mol. The summed E-state index contributed by atoms with van der Waals surface area (Å²) in [6.07, 6.45) is 4.13. The van der Waals surface area contributed by atoms with Gasteiger partial charge in [0.15, 0.2) is 0 Å². The van der Waals surface area contributed by atoms with Crippen LogP contribution in [0.2, 0.25) is 38.8 Å². The molecule has 0 atom stereocenters. The van der Waals surface area contributed by atoms with Crippen molar-refractivity contribution >= 4 is 21.6 Å². The van der Waals surface area contributed by atoms with Gasteiger partial charge in [-0.05, 0) is 24.3 Å². The van der Waals surface area contributed by atoms with E-state index in [-0.39, 0.29) is 0 Å². The van der Waals surface area contributed by atoms with Gasteiger partial charge >= 0.3 is 0 Å². The number of allylic oxidation sites excluding steroid dienone is 1. The molecule has 1 aromatic carbocycles. The van der Waals surface area contributed by atoms with E-state index in [0.717, 1.165) is 0 Å². The zero-order valence-corrected chi connectivity index (χ0v) is 13.7. The molecule has 1 aromatic rings. The summed E-state index contributed by atoms with van der Waals surface area (Å²) in [5, 5.41) is 1.35. The van der Waals surface area contributed by atoms with Gasteiger partial charge in [0.05, 0.1) is 6.26 Å². The third-order valence-electron chi connectivity index (χ3n) is 2.66. The molecule has 0 saturated carbocycles. The Hall–Kier alpha value is -0.806. The van der Waals surface area contributed by atoms with Gasteiger partial charge in [-0.1, -0.05) is 56.0 Å². The summed E-state index contributed by atoms with van der Waals surface area (Å²) in [4.78, 5) is 0. The SMILES string of the molecule is C[Si](C)(C)C/C=C\O[Si](C)(C)c1ccccc1. The molecule has 0 aliphatic heterocycles. The molecule has 0 N–H and O–H groups in total. The molecule has 0 aromatic heterocycles. The molecule has 1 rings (SSSR count). The highest BCUT2D eigenvalue weighted by atomic mass is 28.4. The summed E-state index contributed by atoms with van der Waals surface area (Å²) in [6, 6.07) is 11.7. The van der Waals surface area contributed by atoms with E-state index in [1.807, 2.05) is 6.26 Å². The Morgan fingerprint density at radius 3 is 2.12 bits per heavy atom. The fraction of sp³-hybridized carbons (Fsp3) is 0.429. The zero-order valence-electron chi connectivity index (χ0n) is 11.7. The Bertz CT molecular complexity index is 364. The average Bonchev–Trinajstić information content (AvgIpc) is 2.25. The van der Waals surface area contributed by atoms with Crippen LogP contribution < -0.4 is 5.19 Å². The second-order valence-electron chi connectivity index (χ2n) is 6.13. The van der Waals surface area contributed by atoms with E-state index in [2.05, 4.69) is 69.1 Å². The first-order valence-corrected chi connectivity index (χ1v) is 12.8. The molecule has 0 unspecified atom stereocenters. The van der Waals surface area contributed by atoms with Gasteiger partial charge in [0.1, 0.15) is 0 Å². The maximum Gasteiger partial charge on any atom is 0.276 e. The zero-order chi connectivity index (χ0) is 12.9. The van der Waals surface area contributed by atoms with Crippen molar-refractivity contribution in [3.8, 4) is 0 Å². The van der Waals surface area contributed by atoms with Crippen LogP contribution >= 0.6 is 0 Å². The molecular formula is C14H24OSi2. The van der Waals surface area contributed by atoms with Gasteiger partial charge in [0.2, 0.25) is 0 Å². The van der Waals surface area contributed by atoms with Gasteiger partial charge in [-0.2, -0.15) is 0 Å². The van der Waals surface area contributed by atoms with Crippen molar-refractivity contribution in [1.82, 2.24) is 0 Å². The highest BCUT2D eigenvalue weighted by Crippen LogP contribution is 2.10. The third-order valence-corrected chi connectivity index (χ3v) is 6.57. The van der Waals surface area contributed by atoms with Crippen LogP contribution in [0.25, 0.3) is 0 Å². The predicted octanol–water partition coefficient (Wildman–Crippen LogP) is 3.97. The fourth-order valence-electron chi connectivity index (χ4n) is 1.53. The molecule has 0 amide bonds. The maximum atomic E-state index is 5.99. The first-order valence-electron chi connectivity index (χ1n) is 6.20. The lowest BCUT2D eigenvalue weighted by molar-refractivity contribution is 0.485. The average molecular weight is 265 g/mol.